The molecule has 1 aromatic heterocycles. The summed E-state index contributed by atoms with van der Waals surface area (Å²) in [4.78, 5) is 6.48. The van der Waals surface area contributed by atoms with Crippen molar-refractivity contribution < 1.29 is 13.2 Å². The quantitative estimate of drug-likeness (QED) is 0.553. The molecule has 0 bridgehead atoms. The van der Waals surface area contributed by atoms with E-state index in [2.05, 4.69) is 23.0 Å². The van der Waals surface area contributed by atoms with Crippen molar-refractivity contribution in [1.82, 2.24) is 14.5 Å². The van der Waals surface area contributed by atoms with Crippen LogP contribution in [0.1, 0.15) is 31.4 Å². The van der Waals surface area contributed by atoms with E-state index in [1.807, 2.05) is 16.7 Å². The highest BCUT2D eigenvalue weighted by molar-refractivity contribution is 7.91. The van der Waals surface area contributed by atoms with Gasteiger partial charge in [0.15, 0.2) is 0 Å². The van der Waals surface area contributed by atoms with Gasteiger partial charge in [-0.05, 0) is 31.6 Å². The normalized spacial score (nSPS) is 20.6. The van der Waals surface area contributed by atoms with Crippen LogP contribution in [-0.4, -0.2) is 54.4 Å². The summed E-state index contributed by atoms with van der Waals surface area (Å²) in [5.41, 5.74) is 0.901. The Bertz CT molecular complexity index is 721. The predicted octanol–water partition coefficient (Wildman–Crippen LogP) is 2.42. The third-order valence-electron chi connectivity index (χ3n) is 4.90. The third kappa shape index (κ3) is 4.84. The van der Waals surface area contributed by atoms with Crippen molar-refractivity contribution >= 4 is 9.84 Å². The lowest BCUT2D eigenvalue weighted by Gasteiger charge is -2.21. The molecule has 0 N–H and O–H groups in total. The Hall–Kier alpha value is -1.44. The van der Waals surface area contributed by atoms with Crippen LogP contribution >= 0.6 is 0 Å². The van der Waals surface area contributed by atoms with Gasteiger partial charge in [0, 0.05) is 26.2 Å². The standard InChI is InChI=1S/C19H29N3O3S/c1-3-9-21(10-4-2)13-17-12-20-19(26(23,24)15-16-7-8-16)22(17)14-18-6-5-11-25-18/h3-4,12,16,18H,1-2,5-11,13-15H2/t18-/m0/s1. The van der Waals surface area contributed by atoms with Gasteiger partial charge < -0.3 is 9.30 Å². The SMILES string of the molecule is C=CCN(CC=C)Cc1cnc(S(=O)(=O)CC2CC2)n1C[C@@H]1CCCO1. The zero-order chi connectivity index (χ0) is 18.6. The van der Waals surface area contributed by atoms with Crippen LogP contribution in [0.5, 0.6) is 0 Å². The average molecular weight is 380 g/mol. The molecule has 1 saturated carbocycles. The van der Waals surface area contributed by atoms with Crippen molar-refractivity contribution in [3.8, 4) is 0 Å². The minimum atomic E-state index is -3.37. The number of nitrogens with zero attached hydrogens (tertiary/aromatic N) is 3. The van der Waals surface area contributed by atoms with Crippen LogP contribution in [0.15, 0.2) is 36.7 Å². The lowest BCUT2D eigenvalue weighted by Crippen LogP contribution is -2.27. The molecular formula is C19H29N3O3S. The molecule has 144 valence electrons. The number of aromatic nitrogens is 2. The highest BCUT2D eigenvalue weighted by atomic mass is 32.2. The zero-order valence-electron chi connectivity index (χ0n) is 15.3. The fourth-order valence-electron chi connectivity index (χ4n) is 3.42. The molecule has 2 aliphatic rings. The third-order valence-corrected chi connectivity index (χ3v) is 6.69. The van der Waals surface area contributed by atoms with Crippen molar-refractivity contribution in [2.45, 2.75) is 50.0 Å². The number of ether oxygens (including phenoxy) is 1. The van der Waals surface area contributed by atoms with E-state index in [0.29, 0.717) is 32.1 Å². The smallest absolute Gasteiger partial charge is 0.227 e. The molecule has 0 radical (unpaired) electrons. The number of hydrogen-bond donors (Lipinski definition) is 0. The predicted molar refractivity (Wildman–Crippen MR) is 102 cm³/mol. The van der Waals surface area contributed by atoms with Crippen LogP contribution in [0.4, 0.5) is 0 Å². The van der Waals surface area contributed by atoms with Crippen LogP contribution in [-0.2, 0) is 27.7 Å². The van der Waals surface area contributed by atoms with E-state index in [0.717, 1.165) is 38.0 Å². The number of rotatable bonds is 11. The highest BCUT2D eigenvalue weighted by Gasteiger charge is 2.33. The molecule has 0 spiro atoms. The van der Waals surface area contributed by atoms with Gasteiger partial charge in [0.25, 0.3) is 0 Å². The minimum absolute atomic E-state index is 0.0603. The summed E-state index contributed by atoms with van der Waals surface area (Å²) in [6.07, 6.45) is 9.44. The van der Waals surface area contributed by atoms with Crippen LogP contribution in [0.2, 0.25) is 0 Å². The molecule has 2 heterocycles. The summed E-state index contributed by atoms with van der Waals surface area (Å²) in [5, 5.41) is 0.201. The molecule has 7 heteroatoms. The van der Waals surface area contributed by atoms with Gasteiger partial charge in [-0.2, -0.15) is 0 Å². The summed E-state index contributed by atoms with van der Waals surface area (Å²) in [6.45, 7) is 10.9. The molecule has 1 saturated heterocycles. The maximum atomic E-state index is 12.9. The second-order valence-corrected chi connectivity index (χ2v) is 9.20. The Morgan fingerprint density at radius 1 is 1.27 bits per heavy atom. The van der Waals surface area contributed by atoms with E-state index in [4.69, 9.17) is 4.74 Å². The largest absolute Gasteiger partial charge is 0.376 e. The van der Waals surface area contributed by atoms with Crippen molar-refractivity contribution in [3.63, 3.8) is 0 Å². The lowest BCUT2D eigenvalue weighted by molar-refractivity contribution is 0.0934. The van der Waals surface area contributed by atoms with Gasteiger partial charge in [0.2, 0.25) is 15.0 Å². The van der Waals surface area contributed by atoms with Gasteiger partial charge in [-0.1, -0.05) is 12.2 Å². The molecule has 1 aliphatic heterocycles. The molecule has 1 aromatic rings. The molecule has 1 atom stereocenters. The van der Waals surface area contributed by atoms with Gasteiger partial charge in [-0.25, -0.2) is 13.4 Å². The molecule has 0 amide bonds. The Balaban J connectivity index is 1.86. The van der Waals surface area contributed by atoms with E-state index in [1.54, 1.807) is 6.20 Å². The molecule has 1 aliphatic carbocycles. The van der Waals surface area contributed by atoms with Crippen LogP contribution in [0, 0.1) is 5.92 Å². The first-order chi connectivity index (χ1) is 12.5. The van der Waals surface area contributed by atoms with Gasteiger partial charge in [-0.15, -0.1) is 13.2 Å². The Kier molecular flexibility index (Phi) is 6.32. The maximum Gasteiger partial charge on any atom is 0.227 e. The summed E-state index contributed by atoms with van der Waals surface area (Å²) in [5.74, 6) is 0.507. The second kappa shape index (κ2) is 8.50. The Morgan fingerprint density at radius 3 is 2.58 bits per heavy atom. The monoisotopic (exact) mass is 379 g/mol. The number of sulfone groups is 1. The number of imidazole rings is 1. The molecule has 6 nitrogen and oxygen atoms in total. The maximum absolute atomic E-state index is 12.9. The lowest BCUT2D eigenvalue weighted by atomic mass is 10.2. The first-order valence-corrected chi connectivity index (χ1v) is 11.0. The van der Waals surface area contributed by atoms with Gasteiger partial charge >= 0.3 is 0 Å². The average Bonchev–Trinajstić information content (AvgIpc) is 3.08. The second-order valence-electron chi connectivity index (χ2n) is 7.27. The molecule has 3 rings (SSSR count). The molecular weight excluding hydrogens is 350 g/mol. The van der Waals surface area contributed by atoms with Crippen molar-refractivity contribution in [1.29, 1.82) is 0 Å². The van der Waals surface area contributed by atoms with Crippen LogP contribution in [0.3, 0.4) is 0 Å². The van der Waals surface area contributed by atoms with E-state index in [9.17, 15) is 8.42 Å². The van der Waals surface area contributed by atoms with Crippen molar-refractivity contribution in [2.75, 3.05) is 25.4 Å². The number of hydrogen-bond acceptors (Lipinski definition) is 5. The van der Waals surface area contributed by atoms with E-state index in [1.165, 1.54) is 0 Å². The van der Waals surface area contributed by atoms with Gasteiger partial charge in [0.1, 0.15) is 0 Å². The summed E-state index contributed by atoms with van der Waals surface area (Å²) < 4.78 is 33.3. The van der Waals surface area contributed by atoms with E-state index < -0.39 is 9.84 Å². The minimum Gasteiger partial charge on any atom is -0.376 e. The molecule has 26 heavy (non-hydrogen) atoms. The van der Waals surface area contributed by atoms with Crippen LogP contribution in [0.25, 0.3) is 0 Å². The highest BCUT2D eigenvalue weighted by Crippen LogP contribution is 2.32. The summed E-state index contributed by atoms with van der Waals surface area (Å²) in [6, 6.07) is 0. The van der Waals surface area contributed by atoms with E-state index >= 15 is 0 Å². The topological polar surface area (TPSA) is 64.4 Å². The first kappa shape index (κ1) is 19.3. The first-order valence-electron chi connectivity index (χ1n) is 9.36. The van der Waals surface area contributed by atoms with Gasteiger partial charge in [-0.3, -0.25) is 4.90 Å². The summed E-state index contributed by atoms with van der Waals surface area (Å²) in [7, 11) is -3.37. The fraction of sp³-hybridized carbons (Fsp3) is 0.632. The van der Waals surface area contributed by atoms with Crippen LogP contribution < -0.4 is 0 Å². The summed E-state index contributed by atoms with van der Waals surface area (Å²) >= 11 is 0. The Labute approximate surface area is 156 Å². The molecule has 0 unspecified atom stereocenters. The van der Waals surface area contributed by atoms with E-state index in [-0.39, 0.29) is 17.0 Å². The zero-order valence-corrected chi connectivity index (χ0v) is 16.2. The van der Waals surface area contributed by atoms with Crippen molar-refractivity contribution in [3.05, 3.63) is 37.2 Å². The molecule has 2 fully saturated rings. The van der Waals surface area contributed by atoms with Crippen molar-refractivity contribution in [2.24, 2.45) is 5.92 Å². The molecule has 0 aromatic carbocycles. The fourth-order valence-corrected chi connectivity index (χ4v) is 5.26. The van der Waals surface area contributed by atoms with Gasteiger partial charge in [0.05, 0.1) is 30.3 Å². The Morgan fingerprint density at radius 2 is 2.00 bits per heavy atom.